The zero-order valence-corrected chi connectivity index (χ0v) is 14.7. The van der Waals surface area contributed by atoms with Gasteiger partial charge in [-0.15, -0.1) is 11.8 Å². The van der Waals surface area contributed by atoms with Crippen LogP contribution in [0.2, 0.25) is 0 Å². The van der Waals surface area contributed by atoms with Gasteiger partial charge in [0, 0.05) is 48.3 Å². The Bertz CT molecular complexity index is 617. The fourth-order valence-corrected chi connectivity index (χ4v) is 3.79. The molecule has 1 saturated heterocycles. The molecule has 0 unspecified atom stereocenters. The number of amides is 2. The first-order chi connectivity index (χ1) is 11.6. The number of hydrogen-bond acceptors (Lipinski definition) is 5. The van der Waals surface area contributed by atoms with E-state index < -0.39 is 0 Å². The van der Waals surface area contributed by atoms with Gasteiger partial charge in [0.2, 0.25) is 5.91 Å². The van der Waals surface area contributed by atoms with Crippen molar-refractivity contribution >= 4 is 29.3 Å². The Labute approximate surface area is 146 Å². The highest BCUT2D eigenvalue weighted by Gasteiger charge is 2.19. The first-order valence-electron chi connectivity index (χ1n) is 8.30. The number of ether oxygens (including phenoxy) is 1. The molecule has 1 atom stereocenters. The van der Waals surface area contributed by atoms with Gasteiger partial charge in [0.1, 0.15) is 0 Å². The van der Waals surface area contributed by atoms with Crippen LogP contribution in [0.3, 0.4) is 0 Å². The fraction of sp³-hybridized carbons (Fsp3) is 0.529. The van der Waals surface area contributed by atoms with Gasteiger partial charge in [-0.3, -0.25) is 14.5 Å². The lowest BCUT2D eigenvalue weighted by molar-refractivity contribution is -0.115. The van der Waals surface area contributed by atoms with Gasteiger partial charge in [-0.05, 0) is 25.1 Å². The number of rotatable bonds is 4. The predicted molar refractivity (Wildman–Crippen MR) is 94.6 cm³/mol. The van der Waals surface area contributed by atoms with Gasteiger partial charge in [-0.1, -0.05) is 0 Å². The summed E-state index contributed by atoms with van der Waals surface area (Å²) in [6.45, 7) is 6.01. The lowest BCUT2D eigenvalue weighted by Gasteiger charge is -2.32. The zero-order valence-electron chi connectivity index (χ0n) is 13.8. The van der Waals surface area contributed by atoms with Crippen LogP contribution in [0.15, 0.2) is 23.1 Å². The molecule has 24 heavy (non-hydrogen) atoms. The van der Waals surface area contributed by atoms with E-state index in [0.29, 0.717) is 18.5 Å². The van der Waals surface area contributed by atoms with Gasteiger partial charge in [0.25, 0.3) is 5.91 Å². The van der Waals surface area contributed by atoms with Gasteiger partial charge < -0.3 is 15.4 Å². The van der Waals surface area contributed by atoms with Gasteiger partial charge in [0.15, 0.2) is 0 Å². The first kappa shape index (κ1) is 17.3. The van der Waals surface area contributed by atoms with E-state index in [-0.39, 0.29) is 17.9 Å². The third-order valence-corrected chi connectivity index (χ3v) is 5.40. The van der Waals surface area contributed by atoms with Crippen LogP contribution in [0, 0.1) is 0 Å². The smallest absolute Gasteiger partial charge is 0.251 e. The van der Waals surface area contributed by atoms with Crippen LogP contribution in [0.4, 0.5) is 5.69 Å². The van der Waals surface area contributed by atoms with Crippen molar-refractivity contribution in [1.29, 1.82) is 0 Å². The van der Waals surface area contributed by atoms with E-state index in [1.165, 1.54) is 0 Å². The summed E-state index contributed by atoms with van der Waals surface area (Å²) in [4.78, 5) is 27.4. The third-order valence-electron chi connectivity index (χ3n) is 4.33. The molecule has 0 radical (unpaired) electrons. The quantitative estimate of drug-likeness (QED) is 0.863. The molecule has 0 aromatic heterocycles. The summed E-state index contributed by atoms with van der Waals surface area (Å²) in [7, 11) is 0. The van der Waals surface area contributed by atoms with E-state index in [9.17, 15) is 9.59 Å². The van der Waals surface area contributed by atoms with Crippen LogP contribution < -0.4 is 10.6 Å². The lowest BCUT2D eigenvalue weighted by atomic mass is 10.1. The van der Waals surface area contributed by atoms with Gasteiger partial charge in [0.05, 0.1) is 18.9 Å². The van der Waals surface area contributed by atoms with Crippen LogP contribution >= 0.6 is 11.8 Å². The number of nitrogens with zero attached hydrogens (tertiary/aromatic N) is 1. The van der Waals surface area contributed by atoms with Crippen LogP contribution in [-0.4, -0.2) is 61.4 Å². The van der Waals surface area contributed by atoms with Crippen molar-refractivity contribution in [2.24, 2.45) is 0 Å². The highest BCUT2D eigenvalue weighted by molar-refractivity contribution is 7.99. The maximum Gasteiger partial charge on any atom is 0.251 e. The first-order valence-corrected chi connectivity index (χ1v) is 9.29. The number of benzene rings is 1. The molecule has 130 valence electrons. The molecule has 2 heterocycles. The molecular weight excluding hydrogens is 326 g/mol. The minimum atomic E-state index is -0.110. The third kappa shape index (κ3) is 4.28. The van der Waals surface area contributed by atoms with Crippen molar-refractivity contribution < 1.29 is 14.3 Å². The normalized spacial score (nSPS) is 19.8. The molecule has 7 heteroatoms. The summed E-state index contributed by atoms with van der Waals surface area (Å²) in [5, 5.41) is 5.86. The van der Waals surface area contributed by atoms with Gasteiger partial charge >= 0.3 is 0 Å². The predicted octanol–water partition coefficient (Wildman–Crippen LogP) is 1.57. The molecule has 2 N–H and O–H groups in total. The fourth-order valence-electron chi connectivity index (χ4n) is 2.85. The summed E-state index contributed by atoms with van der Waals surface area (Å²) < 4.78 is 5.35. The summed E-state index contributed by atoms with van der Waals surface area (Å²) in [6, 6.07) is 5.76. The molecule has 1 fully saturated rings. The number of carbonyl (C=O) groups is 2. The molecule has 0 saturated carbocycles. The summed E-state index contributed by atoms with van der Waals surface area (Å²) in [5.74, 6) is 0.655. The average Bonchev–Trinajstić information content (AvgIpc) is 2.79. The second-order valence-corrected chi connectivity index (χ2v) is 7.20. The summed E-state index contributed by atoms with van der Waals surface area (Å²) in [6.07, 6.45) is 0.498. The number of carbonyl (C=O) groups excluding carboxylic acids is 2. The standard InChI is InChI=1S/C17H23N3O3S/c1-12(20-5-7-23-8-6-20)11-18-17(22)13-2-3-15-14(10-13)19-16(21)4-9-24-15/h2-3,10,12H,4-9,11H2,1H3,(H,18,22)(H,19,21)/t12-/m1/s1. The van der Waals surface area contributed by atoms with Crippen LogP contribution in [0.5, 0.6) is 0 Å². The van der Waals surface area contributed by atoms with Crippen molar-refractivity contribution in [3.63, 3.8) is 0 Å². The van der Waals surface area contributed by atoms with Crippen LogP contribution in [0.1, 0.15) is 23.7 Å². The van der Waals surface area contributed by atoms with Gasteiger partial charge in [-0.2, -0.15) is 0 Å². The number of hydrogen-bond donors (Lipinski definition) is 2. The van der Waals surface area contributed by atoms with E-state index in [2.05, 4.69) is 22.5 Å². The maximum absolute atomic E-state index is 12.4. The average molecular weight is 349 g/mol. The molecule has 6 nitrogen and oxygen atoms in total. The minimum absolute atomic E-state index is 0.000234. The molecule has 0 spiro atoms. The molecule has 2 aliphatic heterocycles. The highest BCUT2D eigenvalue weighted by atomic mass is 32.2. The monoisotopic (exact) mass is 349 g/mol. The number of thioether (sulfide) groups is 1. The number of anilines is 1. The van der Waals surface area contributed by atoms with Gasteiger partial charge in [-0.25, -0.2) is 0 Å². The van der Waals surface area contributed by atoms with E-state index in [1.807, 2.05) is 12.1 Å². The molecule has 2 amide bonds. The molecule has 2 aliphatic rings. The SMILES string of the molecule is C[C@H](CNC(=O)c1ccc2c(c1)NC(=O)CCS2)N1CCOCC1. The molecule has 3 rings (SSSR count). The zero-order chi connectivity index (χ0) is 16.9. The molecule has 0 bridgehead atoms. The molecule has 0 aliphatic carbocycles. The van der Waals surface area contributed by atoms with E-state index in [0.717, 1.165) is 42.6 Å². The van der Waals surface area contributed by atoms with Crippen molar-refractivity contribution in [1.82, 2.24) is 10.2 Å². The minimum Gasteiger partial charge on any atom is -0.379 e. The maximum atomic E-state index is 12.4. The van der Waals surface area contributed by atoms with Crippen molar-refractivity contribution in [2.75, 3.05) is 43.9 Å². The van der Waals surface area contributed by atoms with E-state index in [1.54, 1.807) is 17.8 Å². The second-order valence-electron chi connectivity index (χ2n) is 6.06. The Hall–Kier alpha value is -1.57. The second kappa shape index (κ2) is 8.00. The lowest BCUT2D eigenvalue weighted by Crippen LogP contribution is -2.47. The Morgan fingerprint density at radius 1 is 1.42 bits per heavy atom. The largest absolute Gasteiger partial charge is 0.379 e. The number of fused-ring (bicyclic) bond motifs is 1. The molecular formula is C17H23N3O3S. The Morgan fingerprint density at radius 2 is 2.21 bits per heavy atom. The highest BCUT2D eigenvalue weighted by Crippen LogP contribution is 2.31. The number of nitrogens with one attached hydrogen (secondary N) is 2. The summed E-state index contributed by atoms with van der Waals surface area (Å²) in [5.41, 5.74) is 1.31. The van der Waals surface area contributed by atoms with Crippen molar-refractivity contribution in [2.45, 2.75) is 24.3 Å². The van der Waals surface area contributed by atoms with Crippen molar-refractivity contribution in [3.05, 3.63) is 23.8 Å². The summed E-state index contributed by atoms with van der Waals surface area (Å²) >= 11 is 1.64. The molecule has 1 aromatic rings. The molecule has 1 aromatic carbocycles. The van der Waals surface area contributed by atoms with Crippen LogP contribution in [-0.2, 0) is 9.53 Å². The number of morpholine rings is 1. The Balaban J connectivity index is 1.59. The Kier molecular flexibility index (Phi) is 5.76. The topological polar surface area (TPSA) is 70.7 Å². The van der Waals surface area contributed by atoms with Crippen molar-refractivity contribution in [3.8, 4) is 0 Å². The van der Waals surface area contributed by atoms with E-state index in [4.69, 9.17) is 4.74 Å². The van der Waals surface area contributed by atoms with Crippen LogP contribution in [0.25, 0.3) is 0 Å². The van der Waals surface area contributed by atoms with E-state index >= 15 is 0 Å². The Morgan fingerprint density at radius 3 is 3.00 bits per heavy atom.